The minimum Gasteiger partial charge on any atom is -0.812 e. The quantitative estimate of drug-likeness (QED) is 0.115. The second-order valence-electron chi connectivity index (χ2n) is 15.1. The van der Waals surface area contributed by atoms with Crippen LogP contribution >= 0.6 is 23.2 Å². The molecule has 2 atom stereocenters. The fourth-order valence-corrected chi connectivity index (χ4v) is 7.93. The van der Waals surface area contributed by atoms with Gasteiger partial charge in [-0.1, -0.05) is 23.2 Å². The van der Waals surface area contributed by atoms with Gasteiger partial charge in [-0.25, -0.2) is 34.2 Å². The van der Waals surface area contributed by atoms with Gasteiger partial charge in [-0.3, -0.25) is 9.78 Å². The number of nitriles is 1. The van der Waals surface area contributed by atoms with E-state index in [4.69, 9.17) is 63.0 Å². The molecule has 7 aromatic rings. The number of carbonyl (C=O) groups is 1. The molecule has 0 aliphatic carbocycles. The van der Waals surface area contributed by atoms with Gasteiger partial charge >= 0.3 is 63.0 Å². The Balaban J connectivity index is 0.000000200. The molecule has 2 aromatic carbocycles. The van der Waals surface area contributed by atoms with Crippen molar-refractivity contribution in [1.82, 2.24) is 39.5 Å². The predicted octanol–water partition coefficient (Wildman–Crippen LogP) is 4.12. The topological polar surface area (TPSA) is 263 Å². The standard InChI is InChI=1S/C21H20ClN5O4.C21H23ClN4O4.CHNO.K/c1-10-7-14-13(9-23-27(14)15-5-3-4-6-30-15)18(16(10)22)31-20-17-12(8-11(2)24-20)19(28)26-21(29)25-17;1-11-8-15-14(10-24-26(15)16-6-4-5-7-29-16)19(17(11)22)30-20-18(23)13(21(27)28-3)9-12(2)25-20;2-1-3;/h7-9,15H,3-6H2,1-2H3,(H2,25,26,28,29);8-10,16H,4-7,23H2,1-3H3;3H;/q;;;+1/p-1. The molecule has 4 N–H and O–H groups in total. The zero-order chi connectivity index (χ0) is 45.8. The minimum absolute atomic E-state index is 0. The summed E-state index contributed by atoms with van der Waals surface area (Å²) in [5.74, 6) is 0.360. The number of nitrogens with one attached hydrogen (secondary N) is 2. The van der Waals surface area contributed by atoms with Crippen molar-refractivity contribution in [3.8, 4) is 29.5 Å². The van der Waals surface area contributed by atoms with Crippen LogP contribution < -0.4 is 82.9 Å². The molecular formula is C43H43Cl2KN10O9. The van der Waals surface area contributed by atoms with E-state index < -0.39 is 17.2 Å². The number of methoxy groups -OCH3 is 1. The number of carbonyl (C=O) groups excluding carboxylic acids is 1. The number of nitrogen functional groups attached to an aromatic ring is 1. The van der Waals surface area contributed by atoms with E-state index in [2.05, 4.69) is 30.1 Å². The smallest absolute Gasteiger partial charge is 0.812 e. The molecule has 0 radical (unpaired) electrons. The summed E-state index contributed by atoms with van der Waals surface area (Å²) in [6.07, 6.45) is 9.62. The molecule has 0 amide bonds. The second-order valence-corrected chi connectivity index (χ2v) is 15.8. The minimum atomic E-state index is -0.643. The van der Waals surface area contributed by atoms with E-state index >= 15 is 0 Å². The molecule has 2 saturated heterocycles. The third kappa shape index (κ3) is 10.5. The first kappa shape index (κ1) is 49.4. The van der Waals surface area contributed by atoms with E-state index in [0.717, 1.165) is 60.7 Å². The first-order valence-electron chi connectivity index (χ1n) is 20.2. The summed E-state index contributed by atoms with van der Waals surface area (Å²) >= 11 is 13.2. The molecule has 22 heteroatoms. The van der Waals surface area contributed by atoms with Crippen molar-refractivity contribution < 1.29 is 85.0 Å². The number of hydrogen-bond acceptors (Lipinski definition) is 15. The van der Waals surface area contributed by atoms with E-state index in [1.54, 1.807) is 38.4 Å². The maximum atomic E-state index is 12.3. The fraction of sp³-hybridized carbons (Fsp3) is 0.349. The van der Waals surface area contributed by atoms with Crippen molar-refractivity contribution in [2.75, 3.05) is 26.1 Å². The van der Waals surface area contributed by atoms with Crippen LogP contribution in [0.25, 0.3) is 32.7 Å². The molecule has 2 fully saturated rings. The maximum Gasteiger partial charge on any atom is 1.00 e. The summed E-state index contributed by atoms with van der Waals surface area (Å²) < 4.78 is 32.5. The van der Waals surface area contributed by atoms with Crippen LogP contribution in [0.15, 0.2) is 46.2 Å². The third-order valence-corrected chi connectivity index (χ3v) is 11.5. The van der Waals surface area contributed by atoms with Gasteiger partial charge in [-0.05, 0) is 102 Å². The fourth-order valence-electron chi connectivity index (χ4n) is 7.54. The number of halogens is 2. The second kappa shape index (κ2) is 21.5. The molecule has 0 spiro atoms. The molecule has 334 valence electrons. The number of aromatic amines is 2. The molecule has 19 nitrogen and oxygen atoms in total. The Morgan fingerprint density at radius 2 is 1.31 bits per heavy atom. The van der Waals surface area contributed by atoms with Gasteiger partial charge in [0.25, 0.3) is 5.56 Å². The normalized spacial score (nSPS) is 15.8. The van der Waals surface area contributed by atoms with E-state index in [9.17, 15) is 14.4 Å². The van der Waals surface area contributed by atoms with Crippen molar-refractivity contribution >= 4 is 67.6 Å². The molecular weight excluding hydrogens is 911 g/mol. The van der Waals surface area contributed by atoms with Crippen molar-refractivity contribution in [3.05, 3.63) is 95.6 Å². The van der Waals surface area contributed by atoms with Crippen molar-refractivity contribution in [2.24, 2.45) is 0 Å². The molecule has 0 saturated carbocycles. The van der Waals surface area contributed by atoms with Crippen LogP contribution in [-0.2, 0) is 14.2 Å². The Hall–Kier alpha value is -5.08. The summed E-state index contributed by atoms with van der Waals surface area (Å²) in [6, 6.07) is 7.05. The Labute approximate surface area is 423 Å². The number of pyridine rings is 2. The Morgan fingerprint density at radius 1 is 0.815 bits per heavy atom. The van der Waals surface area contributed by atoms with Gasteiger partial charge in [-0.15, -0.1) is 0 Å². The molecule has 9 rings (SSSR count). The average molecular weight is 954 g/mol. The zero-order valence-corrected chi connectivity index (χ0v) is 41.0. The van der Waals surface area contributed by atoms with Crippen molar-refractivity contribution in [2.45, 2.75) is 78.7 Å². The van der Waals surface area contributed by atoms with Gasteiger partial charge < -0.3 is 39.5 Å². The number of nitrogens with two attached hydrogens (primary N) is 1. The van der Waals surface area contributed by atoms with E-state index in [0.29, 0.717) is 63.2 Å². The summed E-state index contributed by atoms with van der Waals surface area (Å²) in [6.45, 7) is 8.65. The van der Waals surface area contributed by atoms with Gasteiger partial charge in [0.1, 0.15) is 11.2 Å². The molecule has 5 aromatic heterocycles. The van der Waals surface area contributed by atoms with Gasteiger partial charge in [-0.2, -0.15) is 10.2 Å². The number of hydrogen-bond donors (Lipinski definition) is 3. The third-order valence-electron chi connectivity index (χ3n) is 10.6. The average Bonchev–Trinajstić information content (AvgIpc) is 3.90. The van der Waals surface area contributed by atoms with Crippen molar-refractivity contribution in [1.29, 1.82) is 5.26 Å². The van der Waals surface area contributed by atoms with Crippen LogP contribution in [-0.4, -0.2) is 65.8 Å². The van der Waals surface area contributed by atoms with Crippen LogP contribution in [0.2, 0.25) is 10.0 Å². The summed E-state index contributed by atoms with van der Waals surface area (Å²) in [5, 5.41) is 26.6. The number of H-pyrrole nitrogens is 2. The Kier molecular flexibility index (Phi) is 16.3. The maximum absolute atomic E-state index is 12.3. The number of aromatic nitrogens is 8. The number of ether oxygens (including phenoxy) is 5. The monoisotopic (exact) mass is 952 g/mol. The summed E-state index contributed by atoms with van der Waals surface area (Å²) in [7, 11) is 1.29. The van der Waals surface area contributed by atoms with Gasteiger partial charge in [0.2, 0.25) is 11.8 Å². The summed E-state index contributed by atoms with van der Waals surface area (Å²) in [4.78, 5) is 49.8. The van der Waals surface area contributed by atoms with Crippen LogP contribution in [0.3, 0.4) is 0 Å². The van der Waals surface area contributed by atoms with Gasteiger partial charge in [0.05, 0.1) is 62.3 Å². The number of esters is 1. The first-order valence-corrected chi connectivity index (χ1v) is 20.9. The number of nitrogens with zero attached hydrogens (tertiary/aromatic N) is 7. The molecule has 2 unspecified atom stereocenters. The Bertz CT molecular complexity index is 3060. The molecule has 2 aliphatic rings. The van der Waals surface area contributed by atoms with E-state index in [1.165, 1.54) is 7.11 Å². The van der Waals surface area contributed by atoms with Crippen LogP contribution in [0.1, 0.15) is 83.9 Å². The van der Waals surface area contributed by atoms with Crippen molar-refractivity contribution in [3.63, 3.8) is 0 Å². The van der Waals surface area contributed by atoms with E-state index in [1.807, 2.05) is 35.3 Å². The first-order chi connectivity index (χ1) is 30.7. The number of rotatable bonds is 7. The molecule has 0 bridgehead atoms. The summed E-state index contributed by atoms with van der Waals surface area (Å²) in [5.41, 5.74) is 9.88. The van der Waals surface area contributed by atoms with E-state index in [-0.39, 0.29) is 97.8 Å². The molecule has 65 heavy (non-hydrogen) atoms. The molecule has 7 heterocycles. The Morgan fingerprint density at radius 3 is 1.80 bits per heavy atom. The van der Waals surface area contributed by atoms with Gasteiger partial charge in [0.15, 0.2) is 24.0 Å². The largest absolute Gasteiger partial charge is 1.00 e. The molecule has 2 aliphatic heterocycles. The predicted molar refractivity (Wildman–Crippen MR) is 235 cm³/mol. The number of aryl methyl sites for hydroxylation is 4. The van der Waals surface area contributed by atoms with Gasteiger partial charge in [0, 0.05) is 30.9 Å². The van der Waals surface area contributed by atoms with Crippen LogP contribution in [0.5, 0.6) is 23.3 Å². The zero-order valence-electron chi connectivity index (χ0n) is 36.4. The van der Waals surface area contributed by atoms with Crippen LogP contribution in [0.4, 0.5) is 5.69 Å². The number of fused-ring (bicyclic) bond motifs is 3. The number of anilines is 1. The van der Waals surface area contributed by atoms with Crippen LogP contribution in [0, 0.1) is 39.2 Å². The SMILES string of the molecule is COC(=O)c1cc(C)nc(Oc2c(Cl)c(C)cc3c2cnn3C2CCCCO2)c1N.Cc1cc2c(=O)[nH]c(=O)[nH]c2c(Oc2c(Cl)c(C)cc3c2cnn3C2CCCCO2)n1.N#C[O-].[K+]. The number of benzene rings is 2.